The summed E-state index contributed by atoms with van der Waals surface area (Å²) >= 11 is 7.42. The van der Waals surface area contributed by atoms with Crippen molar-refractivity contribution in [3.8, 4) is 5.75 Å². The Morgan fingerprint density at radius 2 is 2.12 bits per heavy atom. The van der Waals surface area contributed by atoms with Crippen molar-refractivity contribution in [2.75, 3.05) is 11.9 Å². The van der Waals surface area contributed by atoms with Crippen molar-refractivity contribution in [2.24, 2.45) is 5.92 Å². The molecule has 6 nitrogen and oxygen atoms in total. The standard InChI is InChI=1S/C17H19ClN2O4S/c1-9(2)6-13-16(25-10(3)19-13)17(23)20-11-4-5-14(12(18)7-11)24-8-15(21)22/h4-5,7,9H,6,8H2,1-3H3,(H,20,23)(H,21,22). The Balaban J connectivity index is 2.13. The highest BCUT2D eigenvalue weighted by molar-refractivity contribution is 7.13. The Morgan fingerprint density at radius 1 is 1.40 bits per heavy atom. The van der Waals surface area contributed by atoms with Crippen LogP contribution in [0, 0.1) is 12.8 Å². The molecule has 1 heterocycles. The zero-order chi connectivity index (χ0) is 18.6. The Labute approximate surface area is 154 Å². The van der Waals surface area contributed by atoms with Crippen molar-refractivity contribution in [1.82, 2.24) is 4.98 Å². The zero-order valence-electron chi connectivity index (χ0n) is 14.1. The van der Waals surface area contributed by atoms with Crippen LogP contribution in [0.15, 0.2) is 18.2 Å². The van der Waals surface area contributed by atoms with E-state index in [9.17, 15) is 9.59 Å². The van der Waals surface area contributed by atoms with Crippen molar-refractivity contribution < 1.29 is 19.4 Å². The number of carboxylic acid groups (broad SMARTS) is 1. The number of nitrogens with zero attached hydrogens (tertiary/aromatic N) is 1. The number of halogens is 1. The number of aliphatic carboxylic acids is 1. The molecular formula is C17H19ClN2O4S. The Bertz CT molecular complexity index is 789. The van der Waals surface area contributed by atoms with Crippen LogP contribution in [0.25, 0.3) is 0 Å². The van der Waals surface area contributed by atoms with E-state index < -0.39 is 12.6 Å². The molecule has 1 amide bonds. The SMILES string of the molecule is Cc1nc(CC(C)C)c(C(=O)Nc2ccc(OCC(=O)O)c(Cl)c2)s1. The number of aryl methyl sites for hydroxylation is 1. The molecule has 0 radical (unpaired) electrons. The van der Waals surface area contributed by atoms with Gasteiger partial charge in [-0.1, -0.05) is 25.4 Å². The molecule has 0 aliphatic carbocycles. The predicted molar refractivity (Wildman–Crippen MR) is 97.9 cm³/mol. The van der Waals surface area contributed by atoms with Gasteiger partial charge in [0.05, 0.1) is 15.7 Å². The third kappa shape index (κ3) is 5.44. The quantitative estimate of drug-likeness (QED) is 0.755. The third-order valence-corrected chi connectivity index (χ3v) is 4.46. The van der Waals surface area contributed by atoms with E-state index in [1.54, 1.807) is 6.07 Å². The number of hydrogen-bond donors (Lipinski definition) is 2. The van der Waals surface area contributed by atoms with Gasteiger partial charge < -0.3 is 15.2 Å². The fraction of sp³-hybridized carbons (Fsp3) is 0.353. The van der Waals surface area contributed by atoms with Gasteiger partial charge in [-0.2, -0.15) is 0 Å². The fourth-order valence-electron chi connectivity index (χ4n) is 2.20. The molecule has 0 bridgehead atoms. The van der Waals surface area contributed by atoms with E-state index in [1.807, 2.05) is 6.92 Å². The molecule has 1 aromatic carbocycles. The van der Waals surface area contributed by atoms with E-state index in [2.05, 4.69) is 24.1 Å². The first-order valence-electron chi connectivity index (χ1n) is 7.68. The summed E-state index contributed by atoms with van der Waals surface area (Å²) in [6.45, 7) is 5.54. The topological polar surface area (TPSA) is 88.5 Å². The first-order valence-corrected chi connectivity index (χ1v) is 8.87. The third-order valence-electron chi connectivity index (χ3n) is 3.15. The maximum Gasteiger partial charge on any atom is 0.341 e. The summed E-state index contributed by atoms with van der Waals surface area (Å²) in [6, 6.07) is 4.65. The number of amides is 1. The van der Waals surface area contributed by atoms with Gasteiger partial charge in [0.1, 0.15) is 10.6 Å². The first kappa shape index (κ1) is 19.2. The van der Waals surface area contributed by atoms with Gasteiger partial charge in [-0.25, -0.2) is 9.78 Å². The van der Waals surface area contributed by atoms with Gasteiger partial charge in [-0.05, 0) is 37.5 Å². The number of ether oxygens (including phenoxy) is 1. The molecule has 0 aliphatic rings. The highest BCUT2D eigenvalue weighted by atomic mass is 35.5. The van der Waals surface area contributed by atoms with Gasteiger partial charge in [0.2, 0.25) is 0 Å². The van der Waals surface area contributed by atoms with E-state index in [-0.39, 0.29) is 16.7 Å². The molecule has 0 atom stereocenters. The molecule has 2 N–H and O–H groups in total. The Hall–Kier alpha value is -2.12. The lowest BCUT2D eigenvalue weighted by Crippen LogP contribution is -2.13. The zero-order valence-corrected chi connectivity index (χ0v) is 15.7. The lowest BCUT2D eigenvalue weighted by atomic mass is 10.1. The van der Waals surface area contributed by atoms with Crippen molar-refractivity contribution in [2.45, 2.75) is 27.2 Å². The number of carbonyl (C=O) groups is 2. The molecule has 2 aromatic rings. The highest BCUT2D eigenvalue weighted by Gasteiger charge is 2.18. The summed E-state index contributed by atoms with van der Waals surface area (Å²) in [7, 11) is 0. The molecule has 0 unspecified atom stereocenters. The van der Waals surface area contributed by atoms with Crippen LogP contribution in [0.5, 0.6) is 5.75 Å². The van der Waals surface area contributed by atoms with Gasteiger partial charge >= 0.3 is 5.97 Å². The van der Waals surface area contributed by atoms with Crippen molar-refractivity contribution in [1.29, 1.82) is 0 Å². The number of carboxylic acids is 1. The number of rotatable bonds is 7. The fourth-order valence-corrected chi connectivity index (χ4v) is 3.27. The predicted octanol–water partition coefficient (Wildman–Crippen LogP) is 4.02. The number of benzene rings is 1. The van der Waals surface area contributed by atoms with Gasteiger partial charge in [-0.15, -0.1) is 11.3 Å². The largest absolute Gasteiger partial charge is 0.480 e. The minimum atomic E-state index is -1.09. The monoisotopic (exact) mass is 382 g/mol. The molecule has 0 saturated carbocycles. The maximum atomic E-state index is 12.5. The molecule has 1 aromatic heterocycles. The Morgan fingerprint density at radius 3 is 2.72 bits per heavy atom. The van der Waals surface area contributed by atoms with Crippen molar-refractivity contribution in [3.05, 3.63) is 38.8 Å². The minimum Gasteiger partial charge on any atom is -0.480 e. The molecular weight excluding hydrogens is 364 g/mol. The van der Waals surface area contributed by atoms with Crippen LogP contribution >= 0.6 is 22.9 Å². The van der Waals surface area contributed by atoms with E-state index >= 15 is 0 Å². The summed E-state index contributed by atoms with van der Waals surface area (Å²) in [6.07, 6.45) is 0.732. The second kappa shape index (κ2) is 8.31. The lowest BCUT2D eigenvalue weighted by Gasteiger charge is -2.09. The van der Waals surface area contributed by atoms with Crippen LogP contribution in [0.3, 0.4) is 0 Å². The number of carbonyl (C=O) groups excluding carboxylic acids is 1. The minimum absolute atomic E-state index is 0.224. The first-order chi connectivity index (χ1) is 11.8. The second-order valence-electron chi connectivity index (χ2n) is 5.89. The second-order valence-corrected chi connectivity index (χ2v) is 7.50. The van der Waals surface area contributed by atoms with Gasteiger partial charge in [0.25, 0.3) is 5.91 Å². The smallest absolute Gasteiger partial charge is 0.341 e. The number of thiazole rings is 1. The molecule has 8 heteroatoms. The summed E-state index contributed by atoms with van der Waals surface area (Å²) in [5.41, 5.74) is 1.29. The molecule has 0 aliphatic heterocycles. The molecule has 2 rings (SSSR count). The Kier molecular flexibility index (Phi) is 6.39. The normalized spacial score (nSPS) is 10.8. The number of anilines is 1. The molecule has 0 fully saturated rings. The highest BCUT2D eigenvalue weighted by Crippen LogP contribution is 2.29. The van der Waals surface area contributed by atoms with Crippen LogP contribution in [-0.2, 0) is 11.2 Å². The summed E-state index contributed by atoms with van der Waals surface area (Å²) < 4.78 is 5.06. The lowest BCUT2D eigenvalue weighted by molar-refractivity contribution is -0.139. The van der Waals surface area contributed by atoms with Crippen LogP contribution in [0.2, 0.25) is 5.02 Å². The molecule has 0 saturated heterocycles. The average molecular weight is 383 g/mol. The van der Waals surface area contributed by atoms with Gasteiger partial charge in [0.15, 0.2) is 6.61 Å². The molecule has 134 valence electrons. The molecule has 25 heavy (non-hydrogen) atoms. The van der Waals surface area contributed by atoms with Crippen LogP contribution in [0.4, 0.5) is 5.69 Å². The van der Waals surface area contributed by atoms with Crippen LogP contribution in [-0.4, -0.2) is 28.6 Å². The van der Waals surface area contributed by atoms with Crippen LogP contribution < -0.4 is 10.1 Å². The molecule has 0 spiro atoms. The number of nitrogens with one attached hydrogen (secondary N) is 1. The summed E-state index contributed by atoms with van der Waals surface area (Å²) in [5.74, 6) is -0.687. The van der Waals surface area contributed by atoms with Crippen molar-refractivity contribution >= 4 is 40.5 Å². The van der Waals surface area contributed by atoms with Gasteiger partial charge in [-0.3, -0.25) is 4.79 Å². The van der Waals surface area contributed by atoms with Gasteiger partial charge in [0, 0.05) is 5.69 Å². The number of hydrogen-bond acceptors (Lipinski definition) is 5. The average Bonchev–Trinajstić information content (AvgIpc) is 2.86. The van der Waals surface area contributed by atoms with E-state index in [0.29, 0.717) is 16.5 Å². The van der Waals surface area contributed by atoms with E-state index in [1.165, 1.54) is 23.5 Å². The van der Waals surface area contributed by atoms with Crippen molar-refractivity contribution in [3.63, 3.8) is 0 Å². The summed E-state index contributed by atoms with van der Waals surface area (Å²) in [5, 5.41) is 12.5. The van der Waals surface area contributed by atoms with E-state index in [0.717, 1.165) is 17.1 Å². The van der Waals surface area contributed by atoms with E-state index in [4.69, 9.17) is 21.4 Å². The summed E-state index contributed by atoms with van der Waals surface area (Å²) in [4.78, 5) is 28.1. The maximum absolute atomic E-state index is 12.5. The number of aromatic nitrogens is 1. The van der Waals surface area contributed by atoms with Crippen LogP contribution in [0.1, 0.15) is 34.2 Å².